The van der Waals surface area contributed by atoms with Gasteiger partial charge in [-0.25, -0.2) is 0 Å². The van der Waals surface area contributed by atoms with Gasteiger partial charge in [-0.3, -0.25) is 4.79 Å². The molecule has 0 saturated heterocycles. The van der Waals surface area contributed by atoms with E-state index in [0.29, 0.717) is 0 Å². The molecule has 2 heteroatoms. The maximum absolute atomic E-state index is 10.3. The van der Waals surface area contributed by atoms with Crippen LogP contribution in [0, 0.1) is 0 Å². The molecule has 0 aliphatic rings. The van der Waals surface area contributed by atoms with E-state index in [2.05, 4.69) is 79.8 Å². The van der Waals surface area contributed by atoms with Crippen molar-refractivity contribution in [2.24, 2.45) is 0 Å². The summed E-state index contributed by atoms with van der Waals surface area (Å²) in [6.45, 7) is 2.15. The number of hydrogen-bond acceptors (Lipinski definition) is 1. The predicted molar refractivity (Wildman–Crippen MR) is 110 cm³/mol. The minimum absolute atomic E-state index is 0.256. The Morgan fingerprint density at radius 2 is 1.00 bits per heavy atom. The van der Waals surface area contributed by atoms with Crippen LogP contribution in [0.2, 0.25) is 0 Å². The average molecular weight is 343 g/mol. The van der Waals surface area contributed by atoms with Crippen molar-refractivity contribution < 1.29 is 9.90 Å². The molecule has 0 aromatic carbocycles. The molecule has 0 bridgehead atoms. The average Bonchev–Trinajstić information content (AvgIpc) is 2.60. The molecular formula is C23H34O2. The van der Waals surface area contributed by atoms with Crippen molar-refractivity contribution in [1.82, 2.24) is 0 Å². The highest BCUT2D eigenvalue weighted by molar-refractivity contribution is 5.66. The number of carboxylic acids is 1. The van der Waals surface area contributed by atoms with Crippen LogP contribution < -0.4 is 0 Å². The maximum Gasteiger partial charge on any atom is 0.303 e. The fourth-order valence-corrected chi connectivity index (χ4v) is 2.01. The van der Waals surface area contributed by atoms with Crippen LogP contribution in [-0.2, 0) is 4.79 Å². The van der Waals surface area contributed by atoms with Crippen LogP contribution in [0.1, 0.15) is 64.7 Å². The molecule has 0 heterocycles. The van der Waals surface area contributed by atoms with Gasteiger partial charge in [0.05, 0.1) is 0 Å². The number of hydrogen-bond donors (Lipinski definition) is 1. The summed E-state index contributed by atoms with van der Waals surface area (Å²) in [4.78, 5) is 10.3. The summed E-state index contributed by atoms with van der Waals surface area (Å²) < 4.78 is 0. The van der Waals surface area contributed by atoms with Gasteiger partial charge >= 0.3 is 5.97 Å². The number of allylic oxidation sites excluding steroid dienone is 12. The molecule has 1 N–H and O–H groups in total. The Morgan fingerprint density at radius 3 is 1.36 bits per heavy atom. The van der Waals surface area contributed by atoms with Gasteiger partial charge in [0, 0.05) is 6.42 Å². The lowest BCUT2D eigenvalue weighted by Crippen LogP contribution is -1.92. The van der Waals surface area contributed by atoms with Gasteiger partial charge in [0.2, 0.25) is 0 Å². The summed E-state index contributed by atoms with van der Waals surface area (Å²) in [5.41, 5.74) is 0. The van der Waals surface area contributed by atoms with Crippen LogP contribution >= 0.6 is 0 Å². The first-order chi connectivity index (χ1) is 12.3. The molecule has 0 aliphatic heterocycles. The van der Waals surface area contributed by atoms with E-state index < -0.39 is 5.97 Å². The molecule has 2 nitrogen and oxygen atoms in total. The topological polar surface area (TPSA) is 37.3 Å². The van der Waals surface area contributed by atoms with Gasteiger partial charge in [0.1, 0.15) is 0 Å². The lowest BCUT2D eigenvalue weighted by Gasteiger charge is -1.89. The molecule has 0 atom stereocenters. The van der Waals surface area contributed by atoms with Crippen LogP contribution in [0.3, 0.4) is 0 Å². The summed E-state index contributed by atoms with van der Waals surface area (Å²) >= 11 is 0. The van der Waals surface area contributed by atoms with Crippen molar-refractivity contribution in [3.63, 3.8) is 0 Å². The molecule has 0 radical (unpaired) electrons. The number of rotatable bonds is 15. The quantitative estimate of drug-likeness (QED) is 0.258. The highest BCUT2D eigenvalue weighted by Gasteiger charge is 1.92. The SMILES string of the molecule is CC/C=C/C/C=C/C/C=C/C/C=C/C/C=C/C/C=C/CCCC(=O)O. The largest absolute Gasteiger partial charge is 0.481 e. The molecule has 138 valence electrons. The smallest absolute Gasteiger partial charge is 0.303 e. The second-order valence-electron chi connectivity index (χ2n) is 5.70. The van der Waals surface area contributed by atoms with Crippen LogP contribution in [0.4, 0.5) is 0 Å². The van der Waals surface area contributed by atoms with Gasteiger partial charge in [0.15, 0.2) is 0 Å². The van der Waals surface area contributed by atoms with Crippen LogP contribution in [-0.4, -0.2) is 11.1 Å². The summed E-state index contributed by atoms with van der Waals surface area (Å²) in [5.74, 6) is -0.716. The van der Waals surface area contributed by atoms with Crippen molar-refractivity contribution in [3.8, 4) is 0 Å². The minimum Gasteiger partial charge on any atom is -0.481 e. The fraction of sp³-hybridized carbons (Fsp3) is 0.435. The second kappa shape index (κ2) is 20.0. The number of aliphatic carboxylic acids is 1. The fourth-order valence-electron chi connectivity index (χ4n) is 2.01. The highest BCUT2D eigenvalue weighted by atomic mass is 16.4. The van der Waals surface area contributed by atoms with E-state index in [0.717, 1.165) is 51.4 Å². The van der Waals surface area contributed by atoms with Crippen molar-refractivity contribution in [3.05, 3.63) is 72.9 Å². The maximum atomic E-state index is 10.3. The molecule has 0 spiro atoms. The van der Waals surface area contributed by atoms with Crippen LogP contribution in [0.5, 0.6) is 0 Å². The molecule has 0 saturated carbocycles. The highest BCUT2D eigenvalue weighted by Crippen LogP contribution is 1.99. The van der Waals surface area contributed by atoms with E-state index in [1.165, 1.54) is 0 Å². The summed E-state index contributed by atoms with van der Waals surface area (Å²) in [7, 11) is 0. The molecule has 0 amide bonds. The van der Waals surface area contributed by atoms with Gasteiger partial charge in [-0.1, -0.05) is 79.8 Å². The van der Waals surface area contributed by atoms with Gasteiger partial charge in [-0.05, 0) is 51.4 Å². The van der Waals surface area contributed by atoms with Crippen molar-refractivity contribution >= 4 is 5.97 Å². The summed E-state index contributed by atoms with van der Waals surface area (Å²) in [6, 6.07) is 0. The van der Waals surface area contributed by atoms with Gasteiger partial charge < -0.3 is 5.11 Å². The zero-order valence-corrected chi connectivity index (χ0v) is 15.6. The first-order valence-electron chi connectivity index (χ1n) is 9.39. The molecule has 0 aliphatic carbocycles. The number of carbonyl (C=O) groups is 1. The van der Waals surface area contributed by atoms with E-state index in [9.17, 15) is 4.79 Å². The zero-order chi connectivity index (χ0) is 18.4. The van der Waals surface area contributed by atoms with Gasteiger partial charge in [-0.2, -0.15) is 0 Å². The lowest BCUT2D eigenvalue weighted by molar-refractivity contribution is -0.137. The molecule has 0 unspecified atom stereocenters. The van der Waals surface area contributed by atoms with Gasteiger partial charge in [0.25, 0.3) is 0 Å². The molecule has 0 aromatic rings. The monoisotopic (exact) mass is 342 g/mol. The van der Waals surface area contributed by atoms with Crippen molar-refractivity contribution in [1.29, 1.82) is 0 Å². The Labute approximate surface area is 154 Å². The molecule has 0 rings (SSSR count). The lowest BCUT2D eigenvalue weighted by atomic mass is 10.2. The minimum atomic E-state index is -0.716. The third-order valence-electron chi connectivity index (χ3n) is 3.36. The summed E-state index contributed by atoms with van der Waals surface area (Å²) in [6.07, 6.45) is 33.9. The Morgan fingerprint density at radius 1 is 0.640 bits per heavy atom. The Hall–Kier alpha value is -2.09. The Kier molecular flexibility index (Phi) is 18.3. The first kappa shape index (κ1) is 22.9. The third-order valence-corrected chi connectivity index (χ3v) is 3.36. The Bertz CT molecular complexity index is 476. The predicted octanol–water partition coefficient (Wildman–Crippen LogP) is 6.94. The standard InChI is InChI=1S/C23H34O2/c1-2-3-4-5-6-7-8-9-10-11-12-13-14-15-16-17-18-19-20-21-22-23(24)25/h3-4,6-7,9-10,12-13,15-16,18-19H,2,5,8,11,14,17,20-22H2,1H3,(H,24,25)/b4-3+,7-6+,10-9+,13-12+,16-15+,19-18+. The number of unbranched alkanes of at least 4 members (excludes halogenated alkanes) is 1. The van der Waals surface area contributed by atoms with Crippen molar-refractivity contribution in [2.75, 3.05) is 0 Å². The van der Waals surface area contributed by atoms with E-state index in [1.807, 2.05) is 0 Å². The third kappa shape index (κ3) is 21.9. The zero-order valence-electron chi connectivity index (χ0n) is 15.6. The molecule has 0 fully saturated rings. The van der Waals surface area contributed by atoms with E-state index in [1.54, 1.807) is 0 Å². The van der Waals surface area contributed by atoms with E-state index in [-0.39, 0.29) is 6.42 Å². The molecule has 25 heavy (non-hydrogen) atoms. The summed E-state index contributed by atoms with van der Waals surface area (Å²) in [5, 5.41) is 8.51. The first-order valence-corrected chi connectivity index (χ1v) is 9.39. The second-order valence-corrected chi connectivity index (χ2v) is 5.70. The van der Waals surface area contributed by atoms with Crippen LogP contribution in [0.25, 0.3) is 0 Å². The molecule has 0 aromatic heterocycles. The number of carboxylic acid groups (broad SMARTS) is 1. The van der Waals surface area contributed by atoms with Crippen LogP contribution in [0.15, 0.2) is 72.9 Å². The molecular weight excluding hydrogens is 308 g/mol. The van der Waals surface area contributed by atoms with Crippen molar-refractivity contribution in [2.45, 2.75) is 64.7 Å². The van der Waals surface area contributed by atoms with E-state index in [4.69, 9.17) is 5.11 Å². The Balaban J connectivity index is 3.50. The van der Waals surface area contributed by atoms with E-state index >= 15 is 0 Å². The van der Waals surface area contributed by atoms with Gasteiger partial charge in [-0.15, -0.1) is 0 Å². The normalized spacial score (nSPS) is 13.0.